The highest BCUT2D eigenvalue weighted by atomic mass is 32.1. The number of anilines is 1. The molecule has 0 spiro atoms. The zero-order valence-electron chi connectivity index (χ0n) is 22.4. The lowest BCUT2D eigenvalue weighted by Gasteiger charge is -2.39. The van der Waals surface area contributed by atoms with Crippen LogP contribution < -0.4 is 10.1 Å². The molecule has 0 saturated carbocycles. The normalized spacial score (nSPS) is 19.2. The number of benzene rings is 3. The first-order valence-corrected chi connectivity index (χ1v) is 14.2. The Balaban J connectivity index is 1.18. The van der Waals surface area contributed by atoms with Crippen LogP contribution in [-0.4, -0.2) is 24.1 Å². The Labute approximate surface area is 233 Å². The number of nitrogens with zero attached hydrogens (tertiary/aromatic N) is 1. The van der Waals surface area contributed by atoms with Gasteiger partial charge in [-0.3, -0.25) is 4.79 Å². The van der Waals surface area contributed by atoms with Crippen molar-refractivity contribution in [2.24, 2.45) is 11.8 Å². The SMILES string of the molecule is Cc1nc(-c2cccc(NC(=O)COc3ccc([C@@H]4OC[C@@H](c5ccccc5F)C[C@H]4C(C)C)cc3)c2)cs1. The minimum Gasteiger partial charge on any atom is -0.484 e. The van der Waals surface area contributed by atoms with Crippen molar-refractivity contribution in [3.8, 4) is 17.0 Å². The minimum absolute atomic E-state index is 0.0438. The molecule has 3 atom stereocenters. The number of amides is 1. The highest BCUT2D eigenvalue weighted by molar-refractivity contribution is 7.09. The molecule has 0 unspecified atom stereocenters. The molecule has 202 valence electrons. The second kappa shape index (κ2) is 12.1. The van der Waals surface area contributed by atoms with Crippen molar-refractivity contribution in [3.05, 3.63) is 100 Å². The molecule has 1 aliphatic heterocycles. The van der Waals surface area contributed by atoms with Gasteiger partial charge in [0.15, 0.2) is 6.61 Å². The van der Waals surface area contributed by atoms with Gasteiger partial charge in [0.2, 0.25) is 0 Å². The molecular formula is C32H33FN2O3S. The van der Waals surface area contributed by atoms with Crippen LogP contribution in [0, 0.1) is 24.6 Å². The third kappa shape index (κ3) is 6.54. The van der Waals surface area contributed by atoms with Gasteiger partial charge in [-0.15, -0.1) is 11.3 Å². The summed E-state index contributed by atoms with van der Waals surface area (Å²) in [5.41, 5.74) is 4.35. The Hall–Kier alpha value is -3.55. The van der Waals surface area contributed by atoms with Crippen LogP contribution in [0.15, 0.2) is 78.2 Å². The lowest BCUT2D eigenvalue weighted by Crippen LogP contribution is -2.31. The monoisotopic (exact) mass is 544 g/mol. The van der Waals surface area contributed by atoms with Crippen LogP contribution in [0.2, 0.25) is 0 Å². The average molecular weight is 545 g/mol. The fraction of sp³-hybridized carbons (Fsp3) is 0.312. The number of carbonyl (C=O) groups is 1. The maximum atomic E-state index is 14.4. The van der Waals surface area contributed by atoms with Gasteiger partial charge in [-0.2, -0.15) is 0 Å². The van der Waals surface area contributed by atoms with Crippen LogP contribution in [-0.2, 0) is 9.53 Å². The van der Waals surface area contributed by atoms with E-state index in [-0.39, 0.29) is 36.3 Å². The number of ether oxygens (including phenoxy) is 2. The Bertz CT molecular complexity index is 1420. The van der Waals surface area contributed by atoms with E-state index in [0.717, 1.165) is 33.8 Å². The largest absolute Gasteiger partial charge is 0.484 e. The van der Waals surface area contributed by atoms with E-state index < -0.39 is 0 Å². The Morgan fingerprint density at radius 2 is 1.92 bits per heavy atom. The van der Waals surface area contributed by atoms with Gasteiger partial charge in [-0.05, 0) is 66.6 Å². The topological polar surface area (TPSA) is 60.5 Å². The molecular weight excluding hydrogens is 511 g/mol. The quantitative estimate of drug-likeness (QED) is 0.246. The maximum Gasteiger partial charge on any atom is 0.262 e. The van der Waals surface area contributed by atoms with E-state index in [1.165, 1.54) is 6.07 Å². The van der Waals surface area contributed by atoms with Gasteiger partial charge in [0.05, 0.1) is 23.4 Å². The Morgan fingerprint density at radius 1 is 1.13 bits per heavy atom. The second-order valence-electron chi connectivity index (χ2n) is 10.4. The van der Waals surface area contributed by atoms with Crippen molar-refractivity contribution in [2.45, 2.75) is 39.2 Å². The van der Waals surface area contributed by atoms with Gasteiger partial charge in [0.25, 0.3) is 5.91 Å². The summed E-state index contributed by atoms with van der Waals surface area (Å²) in [7, 11) is 0. The van der Waals surface area contributed by atoms with Crippen LogP contribution in [0.3, 0.4) is 0 Å². The number of hydrogen-bond acceptors (Lipinski definition) is 5. The summed E-state index contributed by atoms with van der Waals surface area (Å²) >= 11 is 1.60. The summed E-state index contributed by atoms with van der Waals surface area (Å²) in [5, 5.41) is 5.90. The molecule has 1 fully saturated rings. The van der Waals surface area contributed by atoms with E-state index in [1.807, 2.05) is 73.0 Å². The number of rotatable bonds is 8. The molecule has 39 heavy (non-hydrogen) atoms. The fourth-order valence-electron chi connectivity index (χ4n) is 5.20. The molecule has 0 radical (unpaired) electrons. The van der Waals surface area contributed by atoms with Gasteiger partial charge in [-0.25, -0.2) is 9.37 Å². The summed E-state index contributed by atoms with van der Waals surface area (Å²) in [5.74, 6) is 0.885. The van der Waals surface area contributed by atoms with E-state index in [1.54, 1.807) is 17.4 Å². The highest BCUT2D eigenvalue weighted by Gasteiger charge is 2.35. The van der Waals surface area contributed by atoms with Gasteiger partial charge >= 0.3 is 0 Å². The molecule has 4 aromatic rings. The Morgan fingerprint density at radius 3 is 2.64 bits per heavy atom. The summed E-state index contributed by atoms with van der Waals surface area (Å²) < 4.78 is 26.5. The molecule has 1 amide bonds. The van der Waals surface area contributed by atoms with Crippen molar-refractivity contribution in [1.29, 1.82) is 0 Å². The summed E-state index contributed by atoms with van der Waals surface area (Å²) in [6.07, 6.45) is 0.796. The molecule has 5 rings (SSSR count). The number of aromatic nitrogens is 1. The minimum atomic E-state index is -0.236. The van der Waals surface area contributed by atoms with Crippen molar-refractivity contribution >= 4 is 22.9 Å². The lowest BCUT2D eigenvalue weighted by molar-refractivity contribution is -0.118. The summed E-state index contributed by atoms with van der Waals surface area (Å²) in [6.45, 7) is 6.73. The molecule has 1 N–H and O–H groups in total. The molecule has 1 aliphatic rings. The zero-order chi connectivity index (χ0) is 27.4. The van der Waals surface area contributed by atoms with Crippen LogP contribution >= 0.6 is 11.3 Å². The third-order valence-corrected chi connectivity index (χ3v) is 8.04. The predicted molar refractivity (Wildman–Crippen MR) is 154 cm³/mol. The number of hydrogen-bond donors (Lipinski definition) is 1. The number of nitrogens with one attached hydrogen (secondary N) is 1. The van der Waals surface area contributed by atoms with Crippen molar-refractivity contribution in [2.75, 3.05) is 18.5 Å². The first-order valence-electron chi connectivity index (χ1n) is 13.3. The molecule has 0 aliphatic carbocycles. The van der Waals surface area contributed by atoms with Gasteiger partial charge in [0, 0.05) is 22.5 Å². The number of halogens is 1. The van der Waals surface area contributed by atoms with E-state index in [0.29, 0.717) is 24.0 Å². The number of aryl methyl sites for hydroxylation is 1. The van der Waals surface area contributed by atoms with Gasteiger partial charge < -0.3 is 14.8 Å². The average Bonchev–Trinajstić information content (AvgIpc) is 3.38. The molecule has 0 bridgehead atoms. The summed E-state index contributed by atoms with van der Waals surface area (Å²) in [4.78, 5) is 17.1. The van der Waals surface area contributed by atoms with Gasteiger partial charge in [0.1, 0.15) is 11.6 Å². The summed E-state index contributed by atoms with van der Waals surface area (Å²) in [6, 6.07) is 22.4. The van der Waals surface area contributed by atoms with E-state index in [2.05, 4.69) is 24.1 Å². The van der Waals surface area contributed by atoms with Crippen molar-refractivity contribution in [3.63, 3.8) is 0 Å². The third-order valence-electron chi connectivity index (χ3n) is 7.26. The number of thiazole rings is 1. The molecule has 2 heterocycles. The van der Waals surface area contributed by atoms with Crippen LogP contribution in [0.1, 0.15) is 48.4 Å². The molecule has 1 saturated heterocycles. The molecule has 5 nitrogen and oxygen atoms in total. The first-order chi connectivity index (χ1) is 18.9. The molecule has 1 aromatic heterocycles. The highest BCUT2D eigenvalue weighted by Crippen LogP contribution is 2.44. The van der Waals surface area contributed by atoms with Gasteiger partial charge in [-0.1, -0.05) is 56.3 Å². The smallest absolute Gasteiger partial charge is 0.262 e. The molecule has 7 heteroatoms. The second-order valence-corrected chi connectivity index (χ2v) is 11.4. The standard InChI is InChI=1S/C32H33FN2O3S/c1-20(2)28-16-24(27-9-4-5-10-29(27)33)17-38-32(28)22-11-13-26(14-12-22)37-18-31(36)35-25-8-6-7-23(15-25)30-19-39-21(3)34-30/h4-15,19-20,24,28,32H,16-18H2,1-3H3,(H,35,36)/t24-,28-,32-/m0/s1. The fourth-order valence-corrected chi connectivity index (χ4v) is 5.83. The first kappa shape index (κ1) is 27.0. The Kier molecular flexibility index (Phi) is 8.38. The maximum absolute atomic E-state index is 14.4. The zero-order valence-corrected chi connectivity index (χ0v) is 23.2. The van der Waals surface area contributed by atoms with Crippen molar-refractivity contribution < 1.29 is 18.7 Å². The van der Waals surface area contributed by atoms with E-state index in [9.17, 15) is 9.18 Å². The predicted octanol–water partition coefficient (Wildman–Crippen LogP) is 7.79. The molecule has 3 aromatic carbocycles. The lowest BCUT2D eigenvalue weighted by atomic mass is 9.76. The van der Waals surface area contributed by atoms with Crippen LogP contribution in [0.5, 0.6) is 5.75 Å². The van der Waals surface area contributed by atoms with Crippen molar-refractivity contribution in [1.82, 2.24) is 4.98 Å². The van der Waals surface area contributed by atoms with Crippen LogP contribution in [0.4, 0.5) is 10.1 Å². The van der Waals surface area contributed by atoms with E-state index >= 15 is 0 Å². The number of carbonyl (C=O) groups excluding carboxylic acids is 1. The van der Waals surface area contributed by atoms with Crippen LogP contribution in [0.25, 0.3) is 11.3 Å². The van der Waals surface area contributed by atoms with E-state index in [4.69, 9.17) is 9.47 Å².